The summed E-state index contributed by atoms with van der Waals surface area (Å²) in [5.41, 5.74) is 3.47. The molecule has 1 unspecified atom stereocenters. The van der Waals surface area contributed by atoms with Gasteiger partial charge in [-0.15, -0.1) is 0 Å². The molecule has 0 N–H and O–H groups in total. The van der Waals surface area contributed by atoms with E-state index < -0.39 is 22.1 Å². The molecule has 1 amide bonds. The van der Waals surface area contributed by atoms with Crippen molar-refractivity contribution in [3.05, 3.63) is 53.6 Å². The molecule has 0 fully saturated rings. The Hall–Kier alpha value is -1.91. The van der Waals surface area contributed by atoms with E-state index in [0.717, 1.165) is 28.3 Å². The first-order valence-corrected chi connectivity index (χ1v) is 9.51. The first-order chi connectivity index (χ1) is 12.7. The second-order valence-corrected chi connectivity index (χ2v) is 7.63. The normalized spacial score (nSPS) is 17.0. The smallest absolute Gasteiger partial charge is 0.744 e. The molecule has 1 aliphatic rings. The third kappa shape index (κ3) is 4.73. The Labute approximate surface area is 185 Å². The molecule has 0 saturated carbocycles. The number of carbonyl (C=O) groups is 1. The van der Waals surface area contributed by atoms with Gasteiger partial charge in [-0.3, -0.25) is 4.79 Å². The van der Waals surface area contributed by atoms with E-state index in [4.69, 9.17) is 0 Å². The maximum absolute atomic E-state index is 12.6. The number of rotatable bonds is 4. The first-order valence-electron chi connectivity index (χ1n) is 8.10. The zero-order valence-electron chi connectivity index (χ0n) is 15.9. The molecule has 0 bridgehead atoms. The topological polar surface area (TPSA) is 115 Å². The molecule has 10 heteroatoms. The summed E-state index contributed by atoms with van der Waals surface area (Å²) in [6, 6.07) is 9.90. The van der Waals surface area contributed by atoms with Gasteiger partial charge in [0, 0.05) is 0 Å². The van der Waals surface area contributed by atoms with Crippen LogP contribution in [0.15, 0.2) is 62.7 Å². The fraction of sp³-hybridized carbons (Fsp3) is 0.222. The van der Waals surface area contributed by atoms with Crippen molar-refractivity contribution in [1.29, 1.82) is 0 Å². The van der Waals surface area contributed by atoms with Crippen molar-refractivity contribution in [3.8, 4) is 0 Å². The quantitative estimate of drug-likeness (QED) is 0.405. The number of aryl methyl sites for hydroxylation is 2. The number of azo groups is 1. The average molecular weight is 408 g/mol. The van der Waals surface area contributed by atoms with Crippen molar-refractivity contribution >= 4 is 33.1 Å². The van der Waals surface area contributed by atoms with Crippen LogP contribution in [0, 0.1) is 13.8 Å². The second kappa shape index (κ2) is 8.62. The van der Waals surface area contributed by atoms with Crippen molar-refractivity contribution in [3.63, 3.8) is 0 Å². The van der Waals surface area contributed by atoms with E-state index >= 15 is 0 Å². The molecular formula is C18H17N4NaO4S. The van der Waals surface area contributed by atoms with Crippen molar-refractivity contribution in [2.75, 3.05) is 5.01 Å². The van der Waals surface area contributed by atoms with E-state index in [-0.39, 0.29) is 34.5 Å². The summed E-state index contributed by atoms with van der Waals surface area (Å²) < 4.78 is 33.0. The van der Waals surface area contributed by atoms with Gasteiger partial charge in [-0.2, -0.15) is 20.3 Å². The van der Waals surface area contributed by atoms with E-state index in [1.54, 1.807) is 6.92 Å². The van der Waals surface area contributed by atoms with Crippen LogP contribution in [0.5, 0.6) is 0 Å². The largest absolute Gasteiger partial charge is 1.00 e. The van der Waals surface area contributed by atoms with E-state index in [1.807, 2.05) is 32.0 Å². The summed E-state index contributed by atoms with van der Waals surface area (Å²) in [7, 11) is -4.55. The molecule has 0 radical (unpaired) electrons. The van der Waals surface area contributed by atoms with Gasteiger partial charge >= 0.3 is 29.6 Å². The number of hydrogen-bond acceptors (Lipinski definition) is 7. The number of benzene rings is 2. The van der Waals surface area contributed by atoms with Crippen molar-refractivity contribution in [2.45, 2.75) is 31.7 Å². The van der Waals surface area contributed by atoms with Crippen LogP contribution in [0.3, 0.4) is 0 Å². The molecule has 1 heterocycles. The number of carbonyl (C=O) groups excluding carboxylic acids is 1. The van der Waals surface area contributed by atoms with Gasteiger partial charge in [0.05, 0.1) is 22.0 Å². The Kier molecular flexibility index (Phi) is 6.89. The van der Waals surface area contributed by atoms with Crippen LogP contribution in [0.1, 0.15) is 18.1 Å². The molecule has 1 atom stereocenters. The number of amides is 1. The fourth-order valence-electron chi connectivity index (χ4n) is 2.58. The van der Waals surface area contributed by atoms with Crippen molar-refractivity contribution in [2.24, 2.45) is 15.3 Å². The molecule has 8 nitrogen and oxygen atoms in total. The Balaban J connectivity index is 0.00000280. The van der Waals surface area contributed by atoms with Gasteiger partial charge in [0.15, 0.2) is 6.04 Å². The zero-order chi connectivity index (χ0) is 19.8. The molecular weight excluding hydrogens is 391 g/mol. The van der Waals surface area contributed by atoms with Gasteiger partial charge in [0.2, 0.25) is 0 Å². The Morgan fingerprint density at radius 3 is 2.32 bits per heavy atom. The molecule has 1 aliphatic heterocycles. The summed E-state index contributed by atoms with van der Waals surface area (Å²) in [6.07, 6.45) is 0. The van der Waals surface area contributed by atoms with Gasteiger partial charge in [-0.1, -0.05) is 12.1 Å². The predicted molar refractivity (Wildman–Crippen MR) is 99.2 cm³/mol. The van der Waals surface area contributed by atoms with Crippen LogP contribution in [-0.2, 0) is 14.9 Å². The third-order valence-corrected chi connectivity index (χ3v) is 4.96. The van der Waals surface area contributed by atoms with Crippen LogP contribution in [0.2, 0.25) is 0 Å². The molecule has 0 saturated heterocycles. The molecule has 28 heavy (non-hydrogen) atoms. The Morgan fingerprint density at radius 2 is 1.71 bits per heavy atom. The minimum Gasteiger partial charge on any atom is -0.744 e. The first kappa shape index (κ1) is 22.4. The third-order valence-electron chi connectivity index (χ3n) is 4.11. The van der Waals surface area contributed by atoms with E-state index in [9.17, 15) is 17.8 Å². The zero-order valence-corrected chi connectivity index (χ0v) is 18.8. The van der Waals surface area contributed by atoms with Gasteiger partial charge in [0.25, 0.3) is 5.91 Å². The predicted octanol–water partition coefficient (Wildman–Crippen LogP) is 0.0865. The Bertz CT molecular complexity index is 1070. The number of hydrogen-bond donors (Lipinski definition) is 0. The van der Waals surface area contributed by atoms with Gasteiger partial charge in [-0.25, -0.2) is 8.42 Å². The van der Waals surface area contributed by atoms with E-state index in [1.165, 1.54) is 12.1 Å². The number of hydrazone groups is 1. The van der Waals surface area contributed by atoms with Crippen LogP contribution in [0.4, 0.5) is 11.4 Å². The summed E-state index contributed by atoms with van der Waals surface area (Å²) in [6.45, 7) is 5.52. The van der Waals surface area contributed by atoms with Gasteiger partial charge in [0.1, 0.15) is 10.1 Å². The SMILES string of the molecule is CC1=NN(c2ccc(S(=O)(=O)[O-])cc2)C(=O)C1N=Nc1cc(C)ccc1C.[Na+]. The maximum atomic E-state index is 12.6. The van der Waals surface area contributed by atoms with Gasteiger partial charge < -0.3 is 4.55 Å². The average Bonchev–Trinajstić information content (AvgIpc) is 2.89. The summed E-state index contributed by atoms with van der Waals surface area (Å²) in [4.78, 5) is 12.3. The molecule has 0 aliphatic carbocycles. The Morgan fingerprint density at radius 1 is 1.07 bits per heavy atom. The van der Waals surface area contributed by atoms with Gasteiger partial charge in [-0.05, 0) is 62.2 Å². The summed E-state index contributed by atoms with van der Waals surface area (Å²) >= 11 is 0. The molecule has 2 aromatic carbocycles. The van der Waals surface area contributed by atoms with Crippen LogP contribution < -0.4 is 34.6 Å². The minimum atomic E-state index is -4.55. The van der Waals surface area contributed by atoms with Crippen molar-refractivity contribution in [1.82, 2.24) is 0 Å². The van der Waals surface area contributed by atoms with Crippen LogP contribution in [-0.4, -0.2) is 30.6 Å². The molecule has 3 rings (SSSR count). The van der Waals surface area contributed by atoms with Crippen molar-refractivity contribution < 1.29 is 47.3 Å². The summed E-state index contributed by atoms with van der Waals surface area (Å²) in [5.74, 6) is -0.403. The fourth-order valence-corrected chi connectivity index (χ4v) is 3.04. The maximum Gasteiger partial charge on any atom is 1.00 e. The molecule has 0 aromatic heterocycles. The number of anilines is 1. The van der Waals surface area contributed by atoms with E-state index in [2.05, 4.69) is 15.3 Å². The molecule has 2 aromatic rings. The molecule has 140 valence electrons. The standard InChI is InChI=1S/C18H18N4O4S.Na/c1-11-4-5-12(2)16(10-11)19-20-17-13(3)21-22(18(17)23)14-6-8-15(9-7-14)27(24,25)26;/h4-10,17H,1-3H3,(H,24,25,26);/q;+1/p-1. The van der Waals surface area contributed by atoms with E-state index in [0.29, 0.717) is 17.1 Å². The second-order valence-electron chi connectivity index (χ2n) is 6.25. The monoisotopic (exact) mass is 408 g/mol. The van der Waals surface area contributed by atoms with Crippen LogP contribution >= 0.6 is 0 Å². The summed E-state index contributed by atoms with van der Waals surface area (Å²) in [5, 5.41) is 13.7. The van der Waals surface area contributed by atoms with Crippen LogP contribution in [0.25, 0.3) is 0 Å². The molecule has 0 spiro atoms. The number of nitrogens with zero attached hydrogens (tertiary/aromatic N) is 4. The minimum absolute atomic E-state index is 0.